The van der Waals surface area contributed by atoms with Gasteiger partial charge in [-0.2, -0.15) is 0 Å². The van der Waals surface area contributed by atoms with Crippen LogP contribution in [0.1, 0.15) is 51.5 Å². The van der Waals surface area contributed by atoms with Gasteiger partial charge in [0.05, 0.1) is 6.61 Å². The van der Waals surface area contributed by atoms with Crippen LogP contribution in [0.5, 0.6) is 5.75 Å². The summed E-state index contributed by atoms with van der Waals surface area (Å²) in [6.45, 7) is 10.1. The van der Waals surface area contributed by atoms with E-state index in [-0.39, 0.29) is 0 Å². The molecule has 0 spiro atoms. The lowest BCUT2D eigenvalue weighted by molar-refractivity contribution is 0.244. The second-order valence-electron chi connectivity index (χ2n) is 6.41. The molecule has 1 atom stereocenters. The molecule has 0 amide bonds. The van der Waals surface area contributed by atoms with Crippen LogP contribution in [0.15, 0.2) is 24.3 Å². The fourth-order valence-electron chi connectivity index (χ4n) is 2.90. The van der Waals surface area contributed by atoms with Gasteiger partial charge in [-0.15, -0.1) is 0 Å². The minimum atomic E-state index is 0.367. The molecule has 19 heavy (non-hydrogen) atoms. The van der Waals surface area contributed by atoms with Crippen LogP contribution in [0.4, 0.5) is 0 Å². The summed E-state index contributed by atoms with van der Waals surface area (Å²) in [4.78, 5) is 0. The van der Waals surface area contributed by atoms with Crippen LogP contribution in [-0.2, 0) is 0 Å². The molecule has 0 saturated heterocycles. The molecule has 0 aliphatic carbocycles. The summed E-state index contributed by atoms with van der Waals surface area (Å²) in [5, 5.41) is 3.50. The standard InChI is InChI=1S/C17H27NO/c1-4-10-18-11-9-17(2,3)12-14-13-19-16-8-6-5-7-15(14)16/h5-8,14,18H,4,9-13H2,1-3H3. The maximum atomic E-state index is 5.78. The lowest BCUT2D eigenvalue weighted by atomic mass is 9.78. The molecule has 1 aliphatic rings. The molecule has 1 aliphatic heterocycles. The highest BCUT2D eigenvalue weighted by atomic mass is 16.5. The second kappa shape index (κ2) is 6.42. The van der Waals surface area contributed by atoms with Gasteiger partial charge in [0.1, 0.15) is 5.75 Å². The summed E-state index contributed by atoms with van der Waals surface area (Å²) in [5.41, 5.74) is 1.77. The molecule has 0 radical (unpaired) electrons. The topological polar surface area (TPSA) is 21.3 Å². The minimum absolute atomic E-state index is 0.367. The van der Waals surface area contributed by atoms with Gasteiger partial charge in [0.25, 0.3) is 0 Å². The summed E-state index contributed by atoms with van der Waals surface area (Å²) in [7, 11) is 0. The predicted molar refractivity (Wildman–Crippen MR) is 80.9 cm³/mol. The smallest absolute Gasteiger partial charge is 0.122 e. The van der Waals surface area contributed by atoms with Crippen LogP contribution >= 0.6 is 0 Å². The number of benzene rings is 1. The first-order valence-corrected chi connectivity index (χ1v) is 7.55. The Balaban J connectivity index is 1.87. The SMILES string of the molecule is CCCNCCC(C)(C)CC1COc2ccccc21. The molecule has 0 fully saturated rings. The number of hydrogen-bond donors (Lipinski definition) is 1. The van der Waals surface area contributed by atoms with Gasteiger partial charge >= 0.3 is 0 Å². The highest BCUT2D eigenvalue weighted by Crippen LogP contribution is 2.41. The third kappa shape index (κ3) is 3.97. The van der Waals surface area contributed by atoms with Gasteiger partial charge in [-0.1, -0.05) is 39.0 Å². The van der Waals surface area contributed by atoms with E-state index < -0.39 is 0 Å². The largest absolute Gasteiger partial charge is 0.493 e. The van der Waals surface area contributed by atoms with E-state index in [0.29, 0.717) is 11.3 Å². The Morgan fingerprint density at radius 1 is 1.26 bits per heavy atom. The van der Waals surface area contributed by atoms with Crippen molar-refractivity contribution in [3.63, 3.8) is 0 Å². The summed E-state index contributed by atoms with van der Waals surface area (Å²) < 4.78 is 5.78. The van der Waals surface area contributed by atoms with Crippen molar-refractivity contribution in [2.24, 2.45) is 5.41 Å². The second-order valence-corrected chi connectivity index (χ2v) is 6.41. The van der Waals surface area contributed by atoms with Gasteiger partial charge in [0.15, 0.2) is 0 Å². The average Bonchev–Trinajstić information content (AvgIpc) is 2.78. The summed E-state index contributed by atoms with van der Waals surface area (Å²) in [6.07, 6.45) is 3.65. The molecule has 1 heterocycles. The van der Waals surface area contributed by atoms with Gasteiger partial charge in [-0.3, -0.25) is 0 Å². The first-order valence-electron chi connectivity index (χ1n) is 7.55. The molecule has 0 bridgehead atoms. The molecule has 1 aromatic carbocycles. The fourth-order valence-corrected chi connectivity index (χ4v) is 2.90. The Labute approximate surface area is 117 Å². The fraction of sp³-hybridized carbons (Fsp3) is 0.647. The predicted octanol–water partition coefficient (Wildman–Crippen LogP) is 3.97. The molecule has 106 valence electrons. The Kier molecular flexibility index (Phi) is 4.87. The van der Waals surface area contributed by atoms with Crippen LogP contribution in [-0.4, -0.2) is 19.7 Å². The van der Waals surface area contributed by atoms with E-state index in [0.717, 1.165) is 25.4 Å². The number of fused-ring (bicyclic) bond motifs is 1. The Morgan fingerprint density at radius 3 is 2.84 bits per heavy atom. The summed E-state index contributed by atoms with van der Waals surface area (Å²) >= 11 is 0. The number of nitrogens with one attached hydrogen (secondary N) is 1. The third-order valence-corrected chi connectivity index (χ3v) is 4.00. The van der Waals surface area contributed by atoms with Crippen molar-refractivity contribution < 1.29 is 4.74 Å². The van der Waals surface area contributed by atoms with Crippen molar-refractivity contribution in [2.75, 3.05) is 19.7 Å². The molecule has 0 aromatic heterocycles. The van der Waals surface area contributed by atoms with Crippen LogP contribution < -0.4 is 10.1 Å². The normalized spacial score (nSPS) is 18.2. The van der Waals surface area contributed by atoms with Crippen LogP contribution in [0.25, 0.3) is 0 Å². The lowest BCUT2D eigenvalue weighted by Gasteiger charge is -2.27. The van der Waals surface area contributed by atoms with Crippen molar-refractivity contribution in [3.05, 3.63) is 29.8 Å². The van der Waals surface area contributed by atoms with Crippen molar-refractivity contribution in [1.82, 2.24) is 5.32 Å². The molecular formula is C17H27NO. The van der Waals surface area contributed by atoms with Gasteiger partial charge in [-0.25, -0.2) is 0 Å². The minimum Gasteiger partial charge on any atom is -0.493 e. The molecule has 2 heteroatoms. The first kappa shape index (κ1) is 14.4. The van der Waals surface area contributed by atoms with Crippen LogP contribution in [0.2, 0.25) is 0 Å². The monoisotopic (exact) mass is 261 g/mol. The highest BCUT2D eigenvalue weighted by Gasteiger charge is 2.29. The van der Waals surface area contributed by atoms with Crippen molar-refractivity contribution in [3.8, 4) is 5.75 Å². The molecule has 0 saturated carbocycles. The van der Waals surface area contributed by atoms with E-state index in [1.54, 1.807) is 0 Å². The van der Waals surface area contributed by atoms with E-state index in [4.69, 9.17) is 4.74 Å². The zero-order valence-electron chi connectivity index (χ0n) is 12.5. The molecular weight excluding hydrogens is 234 g/mol. The maximum absolute atomic E-state index is 5.78. The van der Waals surface area contributed by atoms with Crippen molar-refractivity contribution in [2.45, 2.75) is 46.0 Å². The van der Waals surface area contributed by atoms with Gasteiger partial charge in [0, 0.05) is 11.5 Å². The van der Waals surface area contributed by atoms with Crippen LogP contribution in [0.3, 0.4) is 0 Å². The molecule has 1 aromatic rings. The van der Waals surface area contributed by atoms with Crippen LogP contribution in [0, 0.1) is 5.41 Å². The van der Waals surface area contributed by atoms with E-state index in [9.17, 15) is 0 Å². The molecule has 2 rings (SSSR count). The lowest BCUT2D eigenvalue weighted by Crippen LogP contribution is -2.25. The van der Waals surface area contributed by atoms with Crippen molar-refractivity contribution in [1.29, 1.82) is 0 Å². The van der Waals surface area contributed by atoms with E-state index >= 15 is 0 Å². The number of rotatable bonds is 7. The summed E-state index contributed by atoms with van der Waals surface area (Å²) in [5.74, 6) is 1.66. The van der Waals surface area contributed by atoms with Gasteiger partial charge in [0.2, 0.25) is 0 Å². The Bertz CT molecular complexity index is 400. The van der Waals surface area contributed by atoms with Gasteiger partial charge in [-0.05, 0) is 43.8 Å². The van der Waals surface area contributed by atoms with E-state index in [1.807, 2.05) is 0 Å². The Morgan fingerprint density at radius 2 is 2.05 bits per heavy atom. The quantitative estimate of drug-likeness (QED) is 0.750. The van der Waals surface area contributed by atoms with Crippen molar-refractivity contribution >= 4 is 0 Å². The third-order valence-electron chi connectivity index (χ3n) is 4.00. The van der Waals surface area contributed by atoms with E-state index in [1.165, 1.54) is 24.8 Å². The van der Waals surface area contributed by atoms with E-state index in [2.05, 4.69) is 50.4 Å². The molecule has 2 nitrogen and oxygen atoms in total. The first-order chi connectivity index (χ1) is 9.12. The average molecular weight is 261 g/mol. The number of hydrogen-bond acceptors (Lipinski definition) is 2. The molecule has 1 N–H and O–H groups in total. The zero-order chi connectivity index (χ0) is 13.7. The number of ether oxygens (including phenoxy) is 1. The maximum Gasteiger partial charge on any atom is 0.122 e. The van der Waals surface area contributed by atoms with Gasteiger partial charge < -0.3 is 10.1 Å². The zero-order valence-corrected chi connectivity index (χ0v) is 12.5. The summed E-state index contributed by atoms with van der Waals surface area (Å²) in [6, 6.07) is 8.49. The highest BCUT2D eigenvalue weighted by molar-refractivity contribution is 5.39. The Hall–Kier alpha value is -1.02. The number of para-hydroxylation sites is 1. The molecule has 1 unspecified atom stereocenters.